The van der Waals surface area contributed by atoms with Gasteiger partial charge < -0.3 is 10.1 Å². The van der Waals surface area contributed by atoms with E-state index in [9.17, 15) is 0 Å². The summed E-state index contributed by atoms with van der Waals surface area (Å²) < 4.78 is 5.60. The van der Waals surface area contributed by atoms with Crippen molar-refractivity contribution in [2.24, 2.45) is 11.3 Å². The third kappa shape index (κ3) is 3.01. The predicted molar refractivity (Wildman–Crippen MR) is 85.2 cm³/mol. The second-order valence-electron chi connectivity index (χ2n) is 6.63. The molecule has 1 N–H and O–H groups in total. The zero-order valence-corrected chi connectivity index (χ0v) is 13.4. The smallest absolute Gasteiger partial charge is 0.123 e. The van der Waals surface area contributed by atoms with Crippen LogP contribution in [-0.2, 0) is 0 Å². The standard InChI is InChI=1S/C18H29NO/c1-14(2)13-18(11-7-8-12-18)17(19-3)15-9-5-6-10-16(15)20-4/h5-6,9-10,14,17,19H,7-8,11-13H2,1-4H3. The SMILES string of the molecule is CNC(c1ccccc1OC)C1(CC(C)C)CCCC1. The Morgan fingerprint density at radius 3 is 2.40 bits per heavy atom. The summed E-state index contributed by atoms with van der Waals surface area (Å²) in [6, 6.07) is 8.88. The summed E-state index contributed by atoms with van der Waals surface area (Å²) >= 11 is 0. The third-order valence-electron chi connectivity index (χ3n) is 4.77. The molecule has 1 saturated carbocycles. The summed E-state index contributed by atoms with van der Waals surface area (Å²) in [4.78, 5) is 0. The van der Waals surface area contributed by atoms with E-state index in [0.717, 1.165) is 11.7 Å². The largest absolute Gasteiger partial charge is 0.496 e. The van der Waals surface area contributed by atoms with Crippen molar-refractivity contribution in [2.75, 3.05) is 14.2 Å². The fourth-order valence-electron chi connectivity index (χ4n) is 4.20. The predicted octanol–water partition coefficient (Wildman–Crippen LogP) is 4.56. The molecule has 2 heteroatoms. The van der Waals surface area contributed by atoms with Crippen LogP contribution in [0.1, 0.15) is 57.6 Å². The fourth-order valence-corrected chi connectivity index (χ4v) is 4.20. The minimum absolute atomic E-state index is 0.386. The molecule has 1 fully saturated rings. The maximum absolute atomic E-state index is 5.60. The highest BCUT2D eigenvalue weighted by atomic mass is 16.5. The third-order valence-corrected chi connectivity index (χ3v) is 4.77. The van der Waals surface area contributed by atoms with Crippen LogP contribution < -0.4 is 10.1 Å². The highest BCUT2D eigenvalue weighted by Gasteiger charge is 2.42. The van der Waals surface area contributed by atoms with Crippen LogP contribution in [0.2, 0.25) is 0 Å². The molecular formula is C18H29NO. The average Bonchev–Trinajstić information content (AvgIpc) is 2.88. The first-order chi connectivity index (χ1) is 9.63. The molecule has 1 unspecified atom stereocenters. The maximum Gasteiger partial charge on any atom is 0.123 e. The summed E-state index contributed by atoms with van der Waals surface area (Å²) in [6.07, 6.45) is 6.67. The minimum atomic E-state index is 0.386. The number of hydrogen-bond donors (Lipinski definition) is 1. The highest BCUT2D eigenvalue weighted by Crippen LogP contribution is 2.52. The zero-order chi connectivity index (χ0) is 14.6. The van der Waals surface area contributed by atoms with Crippen LogP contribution in [0.25, 0.3) is 0 Å². The van der Waals surface area contributed by atoms with Gasteiger partial charge in [-0.05, 0) is 43.7 Å². The van der Waals surface area contributed by atoms with Crippen LogP contribution in [0.5, 0.6) is 5.75 Å². The number of benzene rings is 1. The molecule has 20 heavy (non-hydrogen) atoms. The topological polar surface area (TPSA) is 21.3 Å². The normalized spacial score (nSPS) is 19.2. The molecule has 0 amide bonds. The van der Waals surface area contributed by atoms with Crippen LogP contribution in [0, 0.1) is 11.3 Å². The van der Waals surface area contributed by atoms with E-state index in [-0.39, 0.29) is 0 Å². The van der Waals surface area contributed by atoms with Gasteiger partial charge >= 0.3 is 0 Å². The molecular weight excluding hydrogens is 246 g/mol. The molecule has 0 aromatic heterocycles. The van der Waals surface area contributed by atoms with Crippen LogP contribution in [-0.4, -0.2) is 14.2 Å². The molecule has 1 atom stereocenters. The monoisotopic (exact) mass is 275 g/mol. The van der Waals surface area contributed by atoms with E-state index in [1.54, 1.807) is 7.11 Å². The van der Waals surface area contributed by atoms with E-state index in [4.69, 9.17) is 4.74 Å². The molecule has 1 aliphatic rings. The van der Waals surface area contributed by atoms with Gasteiger partial charge in [0.2, 0.25) is 0 Å². The molecule has 0 spiro atoms. The van der Waals surface area contributed by atoms with E-state index < -0.39 is 0 Å². The summed E-state index contributed by atoms with van der Waals surface area (Å²) in [6.45, 7) is 4.68. The van der Waals surface area contributed by atoms with Crippen LogP contribution in [0.15, 0.2) is 24.3 Å². The molecule has 0 radical (unpaired) electrons. The number of para-hydroxylation sites is 1. The van der Waals surface area contributed by atoms with Crippen molar-refractivity contribution in [3.63, 3.8) is 0 Å². The first-order valence-corrected chi connectivity index (χ1v) is 7.93. The molecule has 1 aromatic carbocycles. The molecule has 0 aliphatic heterocycles. The fraction of sp³-hybridized carbons (Fsp3) is 0.667. The van der Waals surface area contributed by atoms with E-state index >= 15 is 0 Å². The lowest BCUT2D eigenvalue weighted by molar-refractivity contribution is 0.159. The van der Waals surface area contributed by atoms with Gasteiger partial charge in [0.05, 0.1) is 7.11 Å². The van der Waals surface area contributed by atoms with Crippen LogP contribution >= 0.6 is 0 Å². The minimum Gasteiger partial charge on any atom is -0.496 e. The first-order valence-electron chi connectivity index (χ1n) is 7.93. The van der Waals surface area contributed by atoms with Crippen molar-refractivity contribution < 1.29 is 4.74 Å². The van der Waals surface area contributed by atoms with Gasteiger partial charge in [-0.3, -0.25) is 0 Å². The van der Waals surface area contributed by atoms with Gasteiger partial charge in [-0.1, -0.05) is 44.9 Å². The summed E-state index contributed by atoms with van der Waals surface area (Å²) in [5.74, 6) is 1.75. The Labute approximate surface area is 123 Å². The Bertz CT molecular complexity index is 421. The van der Waals surface area contributed by atoms with Crippen LogP contribution in [0.3, 0.4) is 0 Å². The summed E-state index contributed by atoms with van der Waals surface area (Å²) in [5.41, 5.74) is 1.71. The highest BCUT2D eigenvalue weighted by molar-refractivity contribution is 5.37. The van der Waals surface area contributed by atoms with Crippen LogP contribution in [0.4, 0.5) is 0 Å². The molecule has 0 bridgehead atoms. The van der Waals surface area contributed by atoms with Gasteiger partial charge in [-0.25, -0.2) is 0 Å². The van der Waals surface area contributed by atoms with Gasteiger partial charge in [0, 0.05) is 11.6 Å². The molecule has 0 heterocycles. The van der Waals surface area contributed by atoms with Crippen molar-refractivity contribution in [2.45, 2.75) is 52.0 Å². The van der Waals surface area contributed by atoms with E-state index in [1.165, 1.54) is 37.7 Å². The Morgan fingerprint density at radius 2 is 1.85 bits per heavy atom. The molecule has 112 valence electrons. The second kappa shape index (κ2) is 6.62. The van der Waals surface area contributed by atoms with Gasteiger partial charge in [-0.15, -0.1) is 0 Å². The van der Waals surface area contributed by atoms with Crippen molar-refractivity contribution in [3.05, 3.63) is 29.8 Å². The van der Waals surface area contributed by atoms with Crippen molar-refractivity contribution >= 4 is 0 Å². The quantitative estimate of drug-likeness (QED) is 0.821. The number of ether oxygens (including phenoxy) is 1. The number of nitrogens with one attached hydrogen (secondary N) is 1. The summed E-state index contributed by atoms with van der Waals surface area (Å²) in [7, 11) is 3.87. The number of methoxy groups -OCH3 is 1. The van der Waals surface area contributed by atoms with Crippen molar-refractivity contribution in [1.29, 1.82) is 0 Å². The Kier molecular flexibility index (Phi) is 5.09. The van der Waals surface area contributed by atoms with E-state index in [0.29, 0.717) is 11.5 Å². The van der Waals surface area contributed by atoms with E-state index in [2.05, 4.69) is 50.5 Å². The van der Waals surface area contributed by atoms with Crippen molar-refractivity contribution in [1.82, 2.24) is 5.32 Å². The number of hydrogen-bond acceptors (Lipinski definition) is 2. The molecule has 1 aliphatic carbocycles. The Balaban J connectivity index is 2.38. The second-order valence-corrected chi connectivity index (χ2v) is 6.63. The lowest BCUT2D eigenvalue weighted by atomic mass is 9.70. The van der Waals surface area contributed by atoms with Gasteiger partial charge in [0.1, 0.15) is 5.75 Å². The van der Waals surface area contributed by atoms with Gasteiger partial charge in [-0.2, -0.15) is 0 Å². The molecule has 0 saturated heterocycles. The maximum atomic E-state index is 5.60. The zero-order valence-electron chi connectivity index (χ0n) is 13.4. The number of rotatable bonds is 6. The summed E-state index contributed by atoms with van der Waals surface area (Å²) in [5, 5.41) is 3.60. The van der Waals surface area contributed by atoms with Gasteiger partial charge in [0.25, 0.3) is 0 Å². The van der Waals surface area contributed by atoms with Crippen molar-refractivity contribution in [3.8, 4) is 5.75 Å². The average molecular weight is 275 g/mol. The lowest BCUT2D eigenvalue weighted by Gasteiger charge is -2.40. The Hall–Kier alpha value is -1.02. The first kappa shape index (κ1) is 15.4. The molecule has 1 aromatic rings. The van der Waals surface area contributed by atoms with Gasteiger partial charge in [0.15, 0.2) is 0 Å². The Morgan fingerprint density at radius 1 is 1.20 bits per heavy atom. The lowest BCUT2D eigenvalue weighted by Crippen LogP contribution is -2.36. The molecule has 2 rings (SSSR count). The van der Waals surface area contributed by atoms with E-state index in [1.807, 2.05) is 0 Å². The molecule has 2 nitrogen and oxygen atoms in total.